The molecule has 6 heteroatoms. The van der Waals surface area contributed by atoms with Gasteiger partial charge in [0.05, 0.1) is 6.10 Å². The molecule has 0 saturated carbocycles. The summed E-state index contributed by atoms with van der Waals surface area (Å²) in [6.45, 7) is 8.73. The van der Waals surface area contributed by atoms with Crippen LogP contribution in [0.1, 0.15) is 56.4 Å². The topological polar surface area (TPSA) is 90.8 Å². The number of anilines is 1. The monoisotopic (exact) mass is 398 g/mol. The van der Waals surface area contributed by atoms with Gasteiger partial charge in [-0.05, 0) is 49.4 Å². The number of rotatable bonds is 7. The highest BCUT2D eigenvalue weighted by atomic mass is 16.5. The number of aliphatic hydroxyl groups is 1. The van der Waals surface area contributed by atoms with E-state index < -0.39 is 6.10 Å². The van der Waals surface area contributed by atoms with Crippen LogP contribution in [0.15, 0.2) is 36.4 Å². The molecular formula is C23H30N2O4. The van der Waals surface area contributed by atoms with Gasteiger partial charge in [0.25, 0.3) is 5.91 Å². The Morgan fingerprint density at radius 1 is 1.17 bits per heavy atom. The lowest BCUT2D eigenvalue weighted by molar-refractivity contribution is -0.118. The van der Waals surface area contributed by atoms with Gasteiger partial charge in [-0.15, -0.1) is 0 Å². The van der Waals surface area contributed by atoms with Crippen molar-refractivity contribution in [3.8, 4) is 11.5 Å². The van der Waals surface area contributed by atoms with E-state index in [1.165, 1.54) is 17.2 Å². The molecule has 29 heavy (non-hydrogen) atoms. The Morgan fingerprint density at radius 2 is 1.86 bits per heavy atom. The Kier molecular flexibility index (Phi) is 6.15. The molecule has 1 atom stereocenters. The van der Waals surface area contributed by atoms with Crippen LogP contribution in [0.4, 0.5) is 5.69 Å². The minimum absolute atomic E-state index is 0.0814. The van der Waals surface area contributed by atoms with Crippen LogP contribution in [0.5, 0.6) is 11.5 Å². The fourth-order valence-electron chi connectivity index (χ4n) is 3.52. The molecule has 0 fully saturated rings. The number of aromatic hydroxyl groups is 1. The molecular weight excluding hydrogens is 368 g/mol. The smallest absolute Gasteiger partial charge is 0.262 e. The lowest BCUT2D eigenvalue weighted by atomic mass is 9.92. The lowest BCUT2D eigenvalue weighted by Crippen LogP contribution is -2.43. The van der Waals surface area contributed by atoms with Gasteiger partial charge >= 0.3 is 0 Å². The van der Waals surface area contributed by atoms with E-state index in [2.05, 4.69) is 62.6 Å². The van der Waals surface area contributed by atoms with E-state index in [4.69, 9.17) is 4.74 Å². The fraction of sp³-hybridized carbons (Fsp3) is 0.435. The first-order chi connectivity index (χ1) is 13.7. The molecule has 0 aromatic heterocycles. The van der Waals surface area contributed by atoms with Gasteiger partial charge in [0.2, 0.25) is 0 Å². The van der Waals surface area contributed by atoms with E-state index in [0.717, 1.165) is 6.42 Å². The zero-order chi connectivity index (χ0) is 21.2. The number of ether oxygens (including phenoxy) is 1. The Hall–Kier alpha value is -2.57. The van der Waals surface area contributed by atoms with Crippen LogP contribution in [0.25, 0.3) is 0 Å². The number of hydrogen-bond donors (Lipinski definition) is 4. The molecule has 0 bridgehead atoms. The molecule has 1 heterocycles. The van der Waals surface area contributed by atoms with E-state index in [1.807, 2.05) is 0 Å². The predicted octanol–water partition coefficient (Wildman–Crippen LogP) is 3.49. The van der Waals surface area contributed by atoms with Crippen molar-refractivity contribution in [2.24, 2.45) is 0 Å². The van der Waals surface area contributed by atoms with Gasteiger partial charge in [-0.3, -0.25) is 4.79 Å². The average Bonchev–Trinajstić information content (AvgIpc) is 2.67. The Bertz CT molecular complexity index is 875. The van der Waals surface area contributed by atoms with Crippen LogP contribution < -0.4 is 15.4 Å². The molecule has 0 aliphatic carbocycles. The van der Waals surface area contributed by atoms with Gasteiger partial charge in [0, 0.05) is 17.6 Å². The van der Waals surface area contributed by atoms with Gasteiger partial charge < -0.3 is 25.6 Å². The quantitative estimate of drug-likeness (QED) is 0.536. The standard InChI is InChI=1S/C23H30N2O4/c1-14(2)16-7-5-15(6-8-16)11-23(3,4)24-12-19(27)17-9-10-18(26)21-22(17)29-13-20(28)25-21/h5-10,14,19,24,26-27H,11-13H2,1-4H3,(H,25,28). The van der Waals surface area contributed by atoms with E-state index in [0.29, 0.717) is 23.8 Å². The number of amides is 1. The van der Waals surface area contributed by atoms with Gasteiger partial charge in [0.1, 0.15) is 11.4 Å². The van der Waals surface area contributed by atoms with Gasteiger partial charge in [-0.2, -0.15) is 0 Å². The van der Waals surface area contributed by atoms with Crippen LogP contribution in [0.3, 0.4) is 0 Å². The van der Waals surface area contributed by atoms with Crippen molar-refractivity contribution in [3.63, 3.8) is 0 Å². The predicted molar refractivity (Wildman–Crippen MR) is 114 cm³/mol. The highest BCUT2D eigenvalue weighted by molar-refractivity contribution is 5.97. The van der Waals surface area contributed by atoms with Gasteiger partial charge in [-0.25, -0.2) is 0 Å². The number of fused-ring (bicyclic) bond motifs is 1. The van der Waals surface area contributed by atoms with Crippen molar-refractivity contribution in [2.45, 2.75) is 51.7 Å². The normalized spacial score (nSPS) is 14.9. The van der Waals surface area contributed by atoms with E-state index in [1.54, 1.807) is 6.07 Å². The summed E-state index contributed by atoms with van der Waals surface area (Å²) < 4.78 is 5.47. The summed E-state index contributed by atoms with van der Waals surface area (Å²) >= 11 is 0. The summed E-state index contributed by atoms with van der Waals surface area (Å²) in [6, 6.07) is 11.7. The third-order valence-electron chi connectivity index (χ3n) is 5.20. The largest absolute Gasteiger partial charge is 0.506 e. The summed E-state index contributed by atoms with van der Waals surface area (Å²) in [4.78, 5) is 11.5. The molecule has 1 aliphatic rings. The molecule has 0 radical (unpaired) electrons. The van der Waals surface area contributed by atoms with Crippen LogP contribution in [0.2, 0.25) is 0 Å². The first-order valence-electron chi connectivity index (χ1n) is 9.97. The molecule has 6 nitrogen and oxygen atoms in total. The minimum atomic E-state index is -0.845. The Labute approximate surface area is 171 Å². The molecule has 156 valence electrons. The second-order valence-corrected chi connectivity index (χ2v) is 8.57. The summed E-state index contributed by atoms with van der Waals surface area (Å²) in [5.41, 5.74) is 3.06. The van der Waals surface area contributed by atoms with E-state index in [9.17, 15) is 15.0 Å². The summed E-state index contributed by atoms with van der Waals surface area (Å²) in [7, 11) is 0. The van der Waals surface area contributed by atoms with Gasteiger partial charge in [-0.1, -0.05) is 38.1 Å². The number of carbonyl (C=O) groups is 1. The van der Waals surface area contributed by atoms with Crippen molar-refractivity contribution in [1.29, 1.82) is 0 Å². The van der Waals surface area contributed by atoms with Crippen molar-refractivity contribution in [3.05, 3.63) is 53.1 Å². The lowest BCUT2D eigenvalue weighted by Gasteiger charge is -2.29. The zero-order valence-corrected chi connectivity index (χ0v) is 17.5. The molecule has 1 unspecified atom stereocenters. The van der Waals surface area contributed by atoms with Gasteiger partial charge in [0.15, 0.2) is 12.4 Å². The maximum atomic E-state index is 11.5. The molecule has 2 aromatic carbocycles. The van der Waals surface area contributed by atoms with Crippen molar-refractivity contribution < 1.29 is 19.7 Å². The molecule has 3 rings (SSSR count). The number of carbonyl (C=O) groups excluding carboxylic acids is 1. The second-order valence-electron chi connectivity index (χ2n) is 8.57. The molecule has 4 N–H and O–H groups in total. The Balaban J connectivity index is 1.66. The second kappa shape index (κ2) is 8.43. The highest BCUT2D eigenvalue weighted by Gasteiger charge is 2.27. The first kappa shape index (κ1) is 21.1. The van der Waals surface area contributed by atoms with Crippen LogP contribution >= 0.6 is 0 Å². The molecule has 2 aromatic rings. The molecule has 1 aliphatic heterocycles. The summed E-state index contributed by atoms with van der Waals surface area (Å²) in [5, 5.41) is 26.7. The summed E-state index contributed by atoms with van der Waals surface area (Å²) in [5.74, 6) is 0.416. The molecule has 1 amide bonds. The molecule has 0 saturated heterocycles. The number of nitrogens with one attached hydrogen (secondary N) is 2. The molecule has 0 spiro atoms. The van der Waals surface area contributed by atoms with Crippen molar-refractivity contribution in [1.82, 2.24) is 5.32 Å². The maximum absolute atomic E-state index is 11.5. The fourth-order valence-corrected chi connectivity index (χ4v) is 3.52. The van der Waals surface area contributed by atoms with E-state index >= 15 is 0 Å². The average molecular weight is 399 g/mol. The SMILES string of the molecule is CC(C)c1ccc(CC(C)(C)NCC(O)c2ccc(O)c3c2OCC(=O)N3)cc1. The number of phenols is 1. The first-order valence-corrected chi connectivity index (χ1v) is 9.97. The van der Waals surface area contributed by atoms with Crippen molar-refractivity contribution >= 4 is 11.6 Å². The van der Waals surface area contributed by atoms with Crippen LogP contribution in [-0.2, 0) is 11.2 Å². The zero-order valence-electron chi connectivity index (χ0n) is 17.5. The third kappa shape index (κ3) is 5.08. The van der Waals surface area contributed by atoms with E-state index in [-0.39, 0.29) is 29.5 Å². The number of hydrogen-bond acceptors (Lipinski definition) is 5. The number of aliphatic hydroxyl groups excluding tert-OH is 1. The summed E-state index contributed by atoms with van der Waals surface area (Å²) in [6.07, 6.45) is -0.0276. The Morgan fingerprint density at radius 3 is 2.52 bits per heavy atom. The number of benzene rings is 2. The van der Waals surface area contributed by atoms with Crippen molar-refractivity contribution in [2.75, 3.05) is 18.5 Å². The third-order valence-corrected chi connectivity index (χ3v) is 5.20. The minimum Gasteiger partial charge on any atom is -0.506 e. The number of phenolic OH excluding ortho intramolecular Hbond substituents is 1. The van der Waals surface area contributed by atoms with Crippen LogP contribution in [-0.4, -0.2) is 34.8 Å². The maximum Gasteiger partial charge on any atom is 0.262 e. The van der Waals surface area contributed by atoms with Crippen LogP contribution in [0, 0.1) is 0 Å². The highest BCUT2D eigenvalue weighted by Crippen LogP contribution is 2.41. The number of β-amino-alcohol motifs (C(OH)–C–C–N with tert-alkyl or cyclic N) is 1.